The molecule has 0 saturated carbocycles. The summed E-state index contributed by atoms with van der Waals surface area (Å²) in [5.41, 5.74) is 7.10. The van der Waals surface area contributed by atoms with Gasteiger partial charge in [0, 0.05) is 25.9 Å². The summed E-state index contributed by atoms with van der Waals surface area (Å²) in [4.78, 5) is 56.4. The minimum absolute atomic E-state index is 0.258. The van der Waals surface area contributed by atoms with Gasteiger partial charge in [0.15, 0.2) is 5.13 Å². The van der Waals surface area contributed by atoms with Crippen LogP contribution in [0.3, 0.4) is 0 Å². The number of primary amides is 1. The molecule has 14 heteroatoms. The number of thiazole rings is 1. The molecule has 0 aliphatic heterocycles. The Bertz CT molecular complexity index is 1240. The number of aromatic nitrogens is 2. The summed E-state index contributed by atoms with van der Waals surface area (Å²) in [7, 11) is 0. The highest BCUT2D eigenvalue weighted by Gasteiger charge is 2.18. The van der Waals surface area contributed by atoms with E-state index in [0.717, 1.165) is 28.8 Å². The van der Waals surface area contributed by atoms with E-state index in [-0.39, 0.29) is 11.8 Å². The van der Waals surface area contributed by atoms with Crippen LogP contribution >= 0.6 is 11.3 Å². The van der Waals surface area contributed by atoms with Crippen LogP contribution < -0.4 is 21.7 Å². The molecule has 3 rings (SSSR count). The minimum Gasteiger partial charge on any atom is -0.465 e. The maximum Gasteiger partial charge on any atom is 0.409 e. The van der Waals surface area contributed by atoms with Crippen LogP contribution in [0.5, 0.6) is 0 Å². The standard InChI is InChI=1S/C22H22N6O4S.CH3NO2/c1-14(29)27-21-28-18(19(33-21)20(30)24-12-16-3-2-10-23-11-16)9-6-15-4-7-17(8-5-15)25-13-26-22(31)32;2-1(3)4/h2-5,7-8,10-11,13H,6,9,12H2,1H3,(H,24,30)(H,25,26)(H,31,32)(H,27,28,29);2H2,(H,3,4). The first kappa shape index (κ1) is 28.4. The summed E-state index contributed by atoms with van der Waals surface area (Å²) in [5, 5.41) is 23.7. The van der Waals surface area contributed by atoms with Gasteiger partial charge < -0.3 is 26.6 Å². The zero-order chi connectivity index (χ0) is 27.2. The van der Waals surface area contributed by atoms with Gasteiger partial charge in [0.1, 0.15) is 4.88 Å². The molecular formula is C23H25N7O6S. The van der Waals surface area contributed by atoms with E-state index < -0.39 is 12.2 Å². The first-order valence-corrected chi connectivity index (χ1v) is 11.5. The number of nitrogens with one attached hydrogen (secondary N) is 3. The van der Waals surface area contributed by atoms with Gasteiger partial charge in [-0.05, 0) is 42.2 Å². The number of benzene rings is 1. The number of carbonyl (C=O) groups is 4. The molecule has 1 aromatic carbocycles. The van der Waals surface area contributed by atoms with E-state index in [4.69, 9.17) is 15.0 Å². The molecule has 37 heavy (non-hydrogen) atoms. The Hall–Kier alpha value is -4.85. The molecule has 0 atom stereocenters. The molecule has 3 aromatic rings. The average Bonchev–Trinajstić information content (AvgIpc) is 3.24. The van der Waals surface area contributed by atoms with E-state index in [0.29, 0.717) is 40.8 Å². The lowest BCUT2D eigenvalue weighted by atomic mass is 10.1. The number of hydrogen-bond donors (Lipinski definition) is 6. The van der Waals surface area contributed by atoms with Crippen LogP contribution in [0.4, 0.5) is 20.4 Å². The second kappa shape index (κ2) is 14.5. The molecule has 4 amide bonds. The van der Waals surface area contributed by atoms with Gasteiger partial charge in [-0.15, -0.1) is 0 Å². The third-order valence-corrected chi connectivity index (χ3v) is 5.36. The molecule has 0 bridgehead atoms. The van der Waals surface area contributed by atoms with Gasteiger partial charge in [-0.2, -0.15) is 0 Å². The Kier molecular flexibility index (Phi) is 11.1. The average molecular weight is 528 g/mol. The summed E-state index contributed by atoms with van der Waals surface area (Å²) in [6, 6.07) is 10.9. The summed E-state index contributed by atoms with van der Waals surface area (Å²) in [6.45, 7) is 1.72. The van der Waals surface area contributed by atoms with Crippen LogP contribution in [0.25, 0.3) is 0 Å². The van der Waals surface area contributed by atoms with Gasteiger partial charge in [0.25, 0.3) is 5.91 Å². The van der Waals surface area contributed by atoms with Crippen molar-refractivity contribution in [2.75, 3.05) is 5.32 Å². The number of carbonyl (C=O) groups excluding carboxylic acids is 2. The second-order valence-corrected chi connectivity index (χ2v) is 8.23. The molecular weight excluding hydrogens is 502 g/mol. The SMILES string of the molecule is CC(=O)Nc1nc(CCc2ccc(N=CNC(=O)O)cc2)c(C(=O)NCc2cccnc2)s1.NC(=O)O. The van der Waals surface area contributed by atoms with Crippen LogP contribution in [0.2, 0.25) is 0 Å². The van der Waals surface area contributed by atoms with E-state index in [1.54, 1.807) is 30.6 Å². The summed E-state index contributed by atoms with van der Waals surface area (Å²) < 4.78 is 0. The van der Waals surface area contributed by atoms with Crippen molar-refractivity contribution in [1.29, 1.82) is 0 Å². The number of carboxylic acid groups (broad SMARTS) is 2. The third kappa shape index (κ3) is 11.0. The number of aryl methyl sites for hydroxylation is 2. The fourth-order valence-electron chi connectivity index (χ4n) is 2.84. The number of anilines is 1. The van der Waals surface area contributed by atoms with Crippen LogP contribution in [0.15, 0.2) is 53.8 Å². The lowest BCUT2D eigenvalue weighted by molar-refractivity contribution is -0.114. The highest BCUT2D eigenvalue weighted by molar-refractivity contribution is 7.17. The largest absolute Gasteiger partial charge is 0.465 e. The molecule has 194 valence electrons. The van der Waals surface area contributed by atoms with Gasteiger partial charge >= 0.3 is 12.2 Å². The van der Waals surface area contributed by atoms with Crippen LogP contribution in [-0.4, -0.2) is 50.5 Å². The van der Waals surface area contributed by atoms with Gasteiger partial charge in [-0.3, -0.25) is 19.9 Å². The first-order chi connectivity index (χ1) is 17.6. The van der Waals surface area contributed by atoms with Crippen LogP contribution in [-0.2, 0) is 24.2 Å². The Labute approximate surface area is 215 Å². The van der Waals surface area contributed by atoms with Gasteiger partial charge in [0.05, 0.1) is 17.7 Å². The maximum absolute atomic E-state index is 12.8. The van der Waals surface area contributed by atoms with Crippen molar-refractivity contribution in [3.8, 4) is 0 Å². The normalized spacial score (nSPS) is 10.2. The summed E-state index contributed by atoms with van der Waals surface area (Å²) >= 11 is 1.14. The van der Waals surface area contributed by atoms with E-state index in [1.807, 2.05) is 18.2 Å². The quantitative estimate of drug-likeness (QED) is 0.179. The Morgan fingerprint density at radius 1 is 1.08 bits per heavy atom. The number of hydrogen-bond acceptors (Lipinski definition) is 8. The number of nitrogens with two attached hydrogens (primary N) is 1. The number of amides is 4. The molecule has 0 radical (unpaired) electrons. The van der Waals surface area contributed by atoms with Crippen molar-refractivity contribution in [1.82, 2.24) is 20.6 Å². The fraction of sp³-hybridized carbons (Fsp3) is 0.174. The lowest BCUT2D eigenvalue weighted by Crippen LogP contribution is -2.23. The van der Waals surface area contributed by atoms with Crippen LogP contribution in [0, 0.1) is 0 Å². The zero-order valence-corrected chi connectivity index (χ0v) is 20.5. The first-order valence-electron chi connectivity index (χ1n) is 10.7. The topological polar surface area (TPSA) is 209 Å². The van der Waals surface area contributed by atoms with Gasteiger partial charge in [-0.1, -0.05) is 29.5 Å². The predicted molar refractivity (Wildman–Crippen MR) is 137 cm³/mol. The smallest absolute Gasteiger partial charge is 0.409 e. The van der Waals surface area contributed by atoms with E-state index in [9.17, 15) is 14.4 Å². The van der Waals surface area contributed by atoms with Crippen molar-refractivity contribution in [2.24, 2.45) is 10.7 Å². The highest BCUT2D eigenvalue weighted by atomic mass is 32.1. The Balaban J connectivity index is 0.00000112. The number of pyridine rings is 1. The predicted octanol–water partition coefficient (Wildman–Crippen LogP) is 2.76. The Morgan fingerprint density at radius 3 is 2.38 bits per heavy atom. The maximum atomic E-state index is 12.8. The molecule has 2 heterocycles. The van der Waals surface area contributed by atoms with Gasteiger partial charge in [0.2, 0.25) is 5.91 Å². The lowest BCUT2D eigenvalue weighted by Gasteiger charge is -2.06. The minimum atomic E-state index is -1.33. The molecule has 0 unspecified atom stereocenters. The van der Waals surface area contributed by atoms with E-state index in [1.165, 1.54) is 6.92 Å². The monoisotopic (exact) mass is 527 g/mol. The molecule has 0 fully saturated rings. The second-order valence-electron chi connectivity index (χ2n) is 7.23. The molecule has 13 nitrogen and oxygen atoms in total. The number of aliphatic imine (C=N–C) groups is 1. The van der Waals surface area contributed by atoms with E-state index in [2.05, 4.69) is 36.6 Å². The number of nitrogens with zero attached hydrogens (tertiary/aromatic N) is 3. The van der Waals surface area contributed by atoms with Gasteiger partial charge in [-0.25, -0.2) is 19.6 Å². The zero-order valence-electron chi connectivity index (χ0n) is 19.7. The third-order valence-electron chi connectivity index (χ3n) is 4.35. The van der Waals surface area contributed by atoms with E-state index >= 15 is 0 Å². The van der Waals surface area contributed by atoms with Crippen LogP contribution in [0.1, 0.15) is 33.4 Å². The molecule has 0 aliphatic rings. The fourth-order valence-corrected chi connectivity index (χ4v) is 3.82. The van der Waals surface area contributed by atoms with Crippen molar-refractivity contribution in [3.05, 3.63) is 70.5 Å². The van der Waals surface area contributed by atoms with Crippen molar-refractivity contribution < 1.29 is 29.4 Å². The summed E-state index contributed by atoms with van der Waals surface area (Å²) in [6.07, 6.45) is 3.04. The molecule has 7 N–H and O–H groups in total. The summed E-state index contributed by atoms with van der Waals surface area (Å²) in [5.74, 6) is -0.523. The molecule has 0 aliphatic carbocycles. The number of rotatable bonds is 9. The Morgan fingerprint density at radius 2 is 1.78 bits per heavy atom. The molecule has 2 aromatic heterocycles. The van der Waals surface area contributed by atoms with Crippen molar-refractivity contribution >= 4 is 52.5 Å². The van der Waals surface area contributed by atoms with Crippen molar-refractivity contribution in [3.63, 3.8) is 0 Å². The molecule has 0 saturated heterocycles. The van der Waals surface area contributed by atoms with Crippen molar-refractivity contribution in [2.45, 2.75) is 26.3 Å². The molecule has 0 spiro atoms. The highest BCUT2D eigenvalue weighted by Crippen LogP contribution is 2.25.